The number of ketones is 1. The molecule has 1 aliphatic heterocycles. The van der Waals surface area contributed by atoms with Gasteiger partial charge in [-0.05, 0) is 25.0 Å². The molecule has 0 unspecified atom stereocenters. The molecule has 0 radical (unpaired) electrons. The summed E-state index contributed by atoms with van der Waals surface area (Å²) < 4.78 is 18.8. The highest BCUT2D eigenvalue weighted by atomic mass is 19.1. The van der Waals surface area contributed by atoms with Crippen molar-refractivity contribution in [2.45, 2.75) is 19.3 Å². The number of amides is 1. The van der Waals surface area contributed by atoms with Gasteiger partial charge < -0.3 is 4.52 Å². The third-order valence-electron chi connectivity index (χ3n) is 4.61. The van der Waals surface area contributed by atoms with Crippen LogP contribution in [0.15, 0.2) is 16.7 Å². The van der Waals surface area contributed by atoms with E-state index in [4.69, 9.17) is 4.52 Å². The molecule has 2 fully saturated rings. The van der Waals surface area contributed by atoms with E-state index in [0.717, 1.165) is 12.5 Å². The quantitative estimate of drug-likeness (QED) is 0.625. The first-order valence-corrected chi connectivity index (χ1v) is 6.96. The van der Waals surface area contributed by atoms with Crippen LogP contribution in [-0.4, -0.2) is 29.7 Å². The number of aromatic nitrogens is 1. The third kappa shape index (κ3) is 1.53. The summed E-state index contributed by atoms with van der Waals surface area (Å²) in [6, 6.07) is 2.44. The average molecular weight is 302 g/mol. The summed E-state index contributed by atoms with van der Waals surface area (Å²) in [5.74, 6) is -1.69. The molecule has 1 saturated heterocycles. The second kappa shape index (κ2) is 4.22. The van der Waals surface area contributed by atoms with Gasteiger partial charge in [0.2, 0.25) is 11.4 Å². The lowest BCUT2D eigenvalue weighted by Crippen LogP contribution is -2.38. The highest BCUT2D eigenvalue weighted by Crippen LogP contribution is 2.47. The maximum Gasteiger partial charge on any atom is 0.296 e. The highest BCUT2D eigenvalue weighted by molar-refractivity contribution is 6.46. The van der Waals surface area contributed by atoms with Gasteiger partial charge in [-0.25, -0.2) is 4.39 Å². The summed E-state index contributed by atoms with van der Waals surface area (Å²) in [6.07, 6.45) is 2.77. The zero-order valence-electron chi connectivity index (χ0n) is 11.5. The number of fused-ring (bicyclic) bond motifs is 1. The Morgan fingerprint density at radius 1 is 1.32 bits per heavy atom. The maximum absolute atomic E-state index is 13.9. The molecule has 1 aliphatic carbocycles. The van der Waals surface area contributed by atoms with Crippen molar-refractivity contribution in [3.05, 3.63) is 23.5 Å². The summed E-state index contributed by atoms with van der Waals surface area (Å²) in [5.41, 5.74) is -0.635. The lowest BCUT2D eigenvalue weighted by Gasteiger charge is -2.34. The van der Waals surface area contributed by atoms with E-state index in [1.54, 1.807) is 0 Å². The van der Waals surface area contributed by atoms with E-state index in [0.29, 0.717) is 19.1 Å². The van der Waals surface area contributed by atoms with E-state index in [1.807, 2.05) is 0 Å². The smallest absolute Gasteiger partial charge is 0.296 e. The number of benzene rings is 1. The first-order valence-electron chi connectivity index (χ1n) is 6.96. The number of nitrogens with zero attached hydrogens (tertiary/aromatic N) is 2. The normalized spacial score (nSPS) is 20.0. The Bertz CT molecular complexity index is 837. The monoisotopic (exact) mass is 302 g/mol. The van der Waals surface area contributed by atoms with Gasteiger partial charge in [0.05, 0.1) is 10.8 Å². The van der Waals surface area contributed by atoms with Crippen LogP contribution >= 0.6 is 0 Å². The van der Waals surface area contributed by atoms with Gasteiger partial charge >= 0.3 is 0 Å². The van der Waals surface area contributed by atoms with E-state index in [1.165, 1.54) is 11.0 Å². The van der Waals surface area contributed by atoms with Crippen LogP contribution in [0.5, 0.6) is 0 Å². The first kappa shape index (κ1) is 13.1. The fourth-order valence-electron chi connectivity index (χ4n) is 3.23. The molecule has 1 aromatic heterocycles. The van der Waals surface area contributed by atoms with Crippen molar-refractivity contribution >= 4 is 34.8 Å². The molecule has 1 amide bonds. The Morgan fingerprint density at radius 3 is 2.68 bits per heavy atom. The van der Waals surface area contributed by atoms with E-state index in [-0.39, 0.29) is 28.9 Å². The molecule has 1 saturated carbocycles. The van der Waals surface area contributed by atoms with Crippen LogP contribution < -0.4 is 4.90 Å². The molecule has 1 spiro atoms. The summed E-state index contributed by atoms with van der Waals surface area (Å²) in [6.45, 7) is 0.235. The minimum atomic E-state index is -0.727. The van der Waals surface area contributed by atoms with Gasteiger partial charge in [-0.2, -0.15) is 0 Å². The molecule has 1 aromatic carbocycles. The highest BCUT2D eigenvalue weighted by Gasteiger charge is 2.56. The minimum absolute atomic E-state index is 0.0970. The predicted molar refractivity (Wildman–Crippen MR) is 73.0 cm³/mol. The third-order valence-corrected chi connectivity index (χ3v) is 4.61. The molecule has 112 valence electrons. The number of carbonyl (C=O) groups excluding carboxylic acids is 3. The Hall–Kier alpha value is -2.57. The molecule has 2 aliphatic rings. The Kier molecular flexibility index (Phi) is 2.52. The Labute approximate surface area is 123 Å². The van der Waals surface area contributed by atoms with E-state index in [9.17, 15) is 18.8 Å². The number of halogens is 1. The van der Waals surface area contributed by atoms with Crippen LogP contribution in [0.1, 0.15) is 29.6 Å². The zero-order chi connectivity index (χ0) is 15.5. The van der Waals surface area contributed by atoms with Crippen molar-refractivity contribution in [1.29, 1.82) is 0 Å². The van der Waals surface area contributed by atoms with Crippen LogP contribution in [0.25, 0.3) is 11.0 Å². The van der Waals surface area contributed by atoms with Crippen LogP contribution in [0.2, 0.25) is 0 Å². The van der Waals surface area contributed by atoms with Gasteiger partial charge in [-0.1, -0.05) is 11.6 Å². The minimum Gasteiger partial charge on any atom is -0.351 e. The van der Waals surface area contributed by atoms with Crippen LogP contribution in [-0.2, 0) is 9.59 Å². The molecule has 22 heavy (non-hydrogen) atoms. The summed E-state index contributed by atoms with van der Waals surface area (Å²) in [7, 11) is 0. The summed E-state index contributed by atoms with van der Waals surface area (Å²) in [5, 5.41) is 3.97. The number of carbonyl (C=O) groups is 3. The van der Waals surface area contributed by atoms with Crippen LogP contribution in [0, 0.1) is 11.2 Å². The van der Waals surface area contributed by atoms with E-state index < -0.39 is 22.9 Å². The molecule has 0 bridgehead atoms. The van der Waals surface area contributed by atoms with Crippen molar-refractivity contribution in [3.63, 3.8) is 0 Å². The van der Waals surface area contributed by atoms with Gasteiger partial charge in [0.25, 0.3) is 5.91 Å². The van der Waals surface area contributed by atoms with E-state index in [2.05, 4.69) is 5.16 Å². The fraction of sp³-hybridized carbons (Fsp3) is 0.333. The molecule has 0 atom stereocenters. The van der Waals surface area contributed by atoms with Gasteiger partial charge in [0.1, 0.15) is 6.29 Å². The molecular formula is C15H11FN2O4. The SMILES string of the molecule is O=Cc1cc(F)c2onc(N3CC4(CCC4)C(=O)C3=O)c2c1. The van der Waals surface area contributed by atoms with E-state index >= 15 is 0 Å². The summed E-state index contributed by atoms with van der Waals surface area (Å²) >= 11 is 0. The van der Waals surface area contributed by atoms with Crippen LogP contribution in [0.3, 0.4) is 0 Å². The molecule has 7 heteroatoms. The zero-order valence-corrected chi connectivity index (χ0v) is 11.5. The number of anilines is 1. The van der Waals surface area contributed by atoms with Gasteiger partial charge in [-0.3, -0.25) is 19.3 Å². The Morgan fingerprint density at radius 2 is 2.09 bits per heavy atom. The number of hydrogen-bond acceptors (Lipinski definition) is 5. The van der Waals surface area contributed by atoms with Crippen molar-refractivity contribution in [3.8, 4) is 0 Å². The number of rotatable bonds is 2. The largest absolute Gasteiger partial charge is 0.351 e. The van der Waals surface area contributed by atoms with Crippen molar-refractivity contribution in [2.75, 3.05) is 11.4 Å². The van der Waals surface area contributed by atoms with Crippen molar-refractivity contribution < 1.29 is 23.3 Å². The van der Waals surface area contributed by atoms with Gasteiger partial charge in [-0.15, -0.1) is 0 Å². The van der Waals surface area contributed by atoms with Crippen LogP contribution in [0.4, 0.5) is 10.2 Å². The molecule has 2 aromatic rings. The molecule has 0 N–H and O–H groups in total. The molecule has 2 heterocycles. The lowest BCUT2D eigenvalue weighted by atomic mass is 9.67. The number of hydrogen-bond donors (Lipinski definition) is 0. The lowest BCUT2D eigenvalue weighted by molar-refractivity contribution is -0.140. The van der Waals surface area contributed by atoms with Gasteiger partial charge in [0.15, 0.2) is 11.6 Å². The topological polar surface area (TPSA) is 80.5 Å². The molecular weight excluding hydrogens is 291 g/mol. The maximum atomic E-state index is 13.9. The second-order valence-corrected chi connectivity index (χ2v) is 5.86. The average Bonchev–Trinajstić information content (AvgIpc) is 2.99. The second-order valence-electron chi connectivity index (χ2n) is 5.86. The standard InChI is InChI=1S/C15H11FN2O4/c16-10-5-8(6-19)4-9-11(10)22-17-13(9)18-7-15(2-1-3-15)12(20)14(18)21/h4-6H,1-3,7H2. The number of Topliss-reactive ketones (excluding diaryl/α,β-unsaturated/α-hetero) is 1. The number of aldehydes is 1. The first-order chi connectivity index (χ1) is 10.6. The Balaban J connectivity index is 1.85. The van der Waals surface area contributed by atoms with Crippen molar-refractivity contribution in [1.82, 2.24) is 5.16 Å². The van der Waals surface area contributed by atoms with Crippen molar-refractivity contribution in [2.24, 2.45) is 5.41 Å². The fourth-order valence-corrected chi connectivity index (χ4v) is 3.23. The molecule has 6 nitrogen and oxygen atoms in total. The van der Waals surface area contributed by atoms with Gasteiger partial charge in [0, 0.05) is 12.1 Å². The molecule has 4 rings (SSSR count). The summed E-state index contributed by atoms with van der Waals surface area (Å²) in [4.78, 5) is 36.5. The predicted octanol–water partition coefficient (Wildman–Crippen LogP) is 1.87.